The van der Waals surface area contributed by atoms with E-state index in [1.165, 1.54) is 17.9 Å². The first kappa shape index (κ1) is 19.2. The molecule has 1 aromatic rings. The van der Waals surface area contributed by atoms with Crippen molar-refractivity contribution < 1.29 is 19.1 Å². The quantitative estimate of drug-likeness (QED) is 0.761. The van der Waals surface area contributed by atoms with E-state index in [0.717, 1.165) is 25.7 Å². The number of carbonyl (C=O) groups is 2. The van der Waals surface area contributed by atoms with Crippen molar-refractivity contribution in [3.63, 3.8) is 0 Å². The summed E-state index contributed by atoms with van der Waals surface area (Å²) in [5, 5.41) is 10.2. The number of aliphatic hydroxyl groups is 1. The fourth-order valence-corrected chi connectivity index (χ4v) is 3.42. The Morgan fingerprint density at radius 2 is 2.00 bits per heavy atom. The molecule has 25 heavy (non-hydrogen) atoms. The van der Waals surface area contributed by atoms with Crippen LogP contribution in [0, 0.1) is 11.7 Å². The summed E-state index contributed by atoms with van der Waals surface area (Å²) in [5.41, 5.74) is 0.232. The lowest BCUT2D eigenvalue weighted by molar-refractivity contribution is -0.130. The van der Waals surface area contributed by atoms with Crippen molar-refractivity contribution in [3.8, 4) is 0 Å². The molecule has 1 N–H and O–H groups in total. The molecule has 1 aromatic carbocycles. The van der Waals surface area contributed by atoms with Crippen LogP contribution in [0.3, 0.4) is 0 Å². The maximum absolute atomic E-state index is 14.4. The molecule has 5 heteroatoms. The fourth-order valence-electron chi connectivity index (χ4n) is 3.42. The van der Waals surface area contributed by atoms with Crippen molar-refractivity contribution in [2.24, 2.45) is 5.92 Å². The molecule has 0 saturated carbocycles. The zero-order chi connectivity index (χ0) is 18.6. The molecule has 1 aliphatic rings. The first-order valence-corrected chi connectivity index (χ1v) is 8.91. The monoisotopic (exact) mass is 347 g/mol. The van der Waals surface area contributed by atoms with Gasteiger partial charge in [-0.15, -0.1) is 0 Å². The predicted molar refractivity (Wildman–Crippen MR) is 94.5 cm³/mol. The maximum atomic E-state index is 14.4. The Morgan fingerprint density at radius 1 is 1.32 bits per heavy atom. The van der Waals surface area contributed by atoms with E-state index in [4.69, 9.17) is 0 Å². The summed E-state index contributed by atoms with van der Waals surface area (Å²) in [4.78, 5) is 26.1. The minimum absolute atomic E-state index is 0.0135. The molecular weight excluding hydrogens is 321 g/mol. The molecular formula is C20H26FNO3. The highest BCUT2D eigenvalue weighted by atomic mass is 19.1. The van der Waals surface area contributed by atoms with Gasteiger partial charge >= 0.3 is 0 Å². The molecule has 0 fully saturated rings. The zero-order valence-corrected chi connectivity index (χ0v) is 15.1. The van der Waals surface area contributed by atoms with Crippen LogP contribution in [0.1, 0.15) is 58.1 Å². The summed E-state index contributed by atoms with van der Waals surface area (Å²) in [7, 11) is 0. The average molecular weight is 347 g/mol. The Hall–Kier alpha value is -2.17. The summed E-state index contributed by atoms with van der Waals surface area (Å²) < 4.78 is 14.4. The van der Waals surface area contributed by atoms with E-state index in [1.54, 1.807) is 18.2 Å². The zero-order valence-electron chi connectivity index (χ0n) is 15.1. The van der Waals surface area contributed by atoms with Gasteiger partial charge in [-0.3, -0.25) is 9.59 Å². The second-order valence-electron chi connectivity index (χ2n) is 6.62. The fraction of sp³-hybridized carbons (Fsp3) is 0.500. The van der Waals surface area contributed by atoms with Gasteiger partial charge in [0.05, 0.1) is 11.6 Å². The lowest BCUT2D eigenvalue weighted by atomic mass is 9.94. The molecule has 1 amide bonds. The molecule has 1 aliphatic heterocycles. The first-order chi connectivity index (χ1) is 11.9. The Balaban J connectivity index is 2.42. The van der Waals surface area contributed by atoms with Crippen LogP contribution in [0.4, 0.5) is 4.39 Å². The van der Waals surface area contributed by atoms with Gasteiger partial charge < -0.3 is 10.0 Å². The number of rotatable bonds is 8. The molecule has 2 unspecified atom stereocenters. The van der Waals surface area contributed by atoms with Crippen molar-refractivity contribution in [2.45, 2.75) is 52.5 Å². The summed E-state index contributed by atoms with van der Waals surface area (Å²) in [6.45, 7) is 5.86. The number of carbonyl (C=O) groups excluding carboxylic acids is 2. The van der Waals surface area contributed by atoms with Crippen molar-refractivity contribution in [3.05, 3.63) is 47.0 Å². The molecule has 136 valence electrons. The van der Waals surface area contributed by atoms with Crippen LogP contribution in [0.2, 0.25) is 0 Å². The molecule has 1 heterocycles. The van der Waals surface area contributed by atoms with Crippen molar-refractivity contribution >= 4 is 11.7 Å². The van der Waals surface area contributed by atoms with Crippen LogP contribution in [-0.2, 0) is 9.59 Å². The third-order valence-electron chi connectivity index (χ3n) is 4.88. The number of amides is 1. The Labute approximate surface area is 148 Å². The standard InChI is InChI=1S/C20H26FNO3/c1-4-6-9-14(5-2)12-22-18(15-10-7-8-11-16(15)21)17(13(3)23)19(24)20(22)25/h7-8,10-11,14,18,24H,4-6,9,12H2,1-3H3. The van der Waals surface area contributed by atoms with Gasteiger partial charge in [0.15, 0.2) is 11.5 Å². The lowest BCUT2D eigenvalue weighted by Gasteiger charge is -2.30. The van der Waals surface area contributed by atoms with Crippen LogP contribution in [0.5, 0.6) is 0 Å². The topological polar surface area (TPSA) is 57.6 Å². The van der Waals surface area contributed by atoms with E-state index < -0.39 is 29.3 Å². The molecule has 0 aromatic heterocycles. The van der Waals surface area contributed by atoms with Crippen LogP contribution in [0.25, 0.3) is 0 Å². The molecule has 2 atom stereocenters. The van der Waals surface area contributed by atoms with Gasteiger partial charge in [0.2, 0.25) is 0 Å². The molecule has 0 saturated heterocycles. The number of nitrogens with zero attached hydrogens (tertiary/aromatic N) is 1. The summed E-state index contributed by atoms with van der Waals surface area (Å²) >= 11 is 0. The SMILES string of the molecule is CCCCC(CC)CN1C(=O)C(O)=C(C(C)=O)C1c1ccccc1F. The number of benzene rings is 1. The van der Waals surface area contributed by atoms with Crippen LogP contribution in [0.15, 0.2) is 35.6 Å². The third kappa shape index (κ3) is 3.91. The number of Topliss-reactive ketones (excluding diaryl/α,β-unsaturated/α-hetero) is 1. The summed E-state index contributed by atoms with van der Waals surface area (Å²) in [5.74, 6) is -1.79. The smallest absolute Gasteiger partial charge is 0.290 e. The van der Waals surface area contributed by atoms with Gasteiger partial charge in [-0.05, 0) is 25.3 Å². The van der Waals surface area contributed by atoms with Gasteiger partial charge in [-0.25, -0.2) is 4.39 Å². The average Bonchev–Trinajstić information content (AvgIpc) is 2.83. The van der Waals surface area contributed by atoms with Crippen molar-refractivity contribution in [2.75, 3.05) is 6.54 Å². The first-order valence-electron chi connectivity index (χ1n) is 8.91. The van der Waals surface area contributed by atoms with Gasteiger partial charge in [0.1, 0.15) is 5.82 Å². The number of hydrogen-bond donors (Lipinski definition) is 1. The molecule has 0 radical (unpaired) electrons. The summed E-state index contributed by atoms with van der Waals surface area (Å²) in [6, 6.07) is 5.24. The Morgan fingerprint density at radius 3 is 2.56 bits per heavy atom. The van der Waals surface area contributed by atoms with Gasteiger partial charge in [-0.2, -0.15) is 0 Å². The molecule has 4 nitrogen and oxygen atoms in total. The van der Waals surface area contributed by atoms with Crippen LogP contribution < -0.4 is 0 Å². The van der Waals surface area contributed by atoms with E-state index in [9.17, 15) is 19.1 Å². The van der Waals surface area contributed by atoms with Crippen LogP contribution >= 0.6 is 0 Å². The Kier molecular flexibility index (Phi) is 6.34. The number of aliphatic hydroxyl groups excluding tert-OH is 1. The second-order valence-corrected chi connectivity index (χ2v) is 6.62. The van der Waals surface area contributed by atoms with E-state index in [-0.39, 0.29) is 17.1 Å². The number of hydrogen-bond acceptors (Lipinski definition) is 3. The minimum atomic E-state index is -0.859. The number of halogens is 1. The minimum Gasteiger partial charge on any atom is -0.503 e. The van der Waals surface area contributed by atoms with Gasteiger partial charge in [0.25, 0.3) is 5.91 Å². The summed E-state index contributed by atoms with van der Waals surface area (Å²) in [6.07, 6.45) is 3.94. The number of ketones is 1. The molecule has 0 bridgehead atoms. The predicted octanol–water partition coefficient (Wildman–Crippen LogP) is 4.33. The third-order valence-corrected chi connectivity index (χ3v) is 4.88. The number of unbranched alkanes of at least 4 members (excludes halogenated alkanes) is 1. The lowest BCUT2D eigenvalue weighted by Crippen LogP contribution is -2.35. The molecule has 0 spiro atoms. The van der Waals surface area contributed by atoms with Crippen LogP contribution in [-0.4, -0.2) is 28.2 Å². The van der Waals surface area contributed by atoms with E-state index in [1.807, 2.05) is 0 Å². The Bertz CT molecular complexity index is 683. The highest BCUT2D eigenvalue weighted by Gasteiger charge is 2.43. The van der Waals surface area contributed by atoms with E-state index in [0.29, 0.717) is 6.54 Å². The van der Waals surface area contributed by atoms with Gasteiger partial charge in [-0.1, -0.05) is 51.3 Å². The molecule has 2 rings (SSSR count). The normalized spacial score (nSPS) is 18.8. The second kappa shape index (κ2) is 8.28. The molecule has 0 aliphatic carbocycles. The highest BCUT2D eigenvalue weighted by Crippen LogP contribution is 2.39. The van der Waals surface area contributed by atoms with Crippen molar-refractivity contribution in [1.29, 1.82) is 0 Å². The highest BCUT2D eigenvalue weighted by molar-refractivity contribution is 6.08. The van der Waals surface area contributed by atoms with E-state index >= 15 is 0 Å². The van der Waals surface area contributed by atoms with Crippen molar-refractivity contribution in [1.82, 2.24) is 4.90 Å². The van der Waals surface area contributed by atoms with E-state index in [2.05, 4.69) is 13.8 Å². The maximum Gasteiger partial charge on any atom is 0.290 e. The largest absolute Gasteiger partial charge is 0.503 e. The van der Waals surface area contributed by atoms with Gasteiger partial charge in [0, 0.05) is 12.1 Å².